The molecule has 19 heavy (non-hydrogen) atoms. The summed E-state index contributed by atoms with van der Waals surface area (Å²) >= 11 is 0. The lowest BCUT2D eigenvalue weighted by Gasteiger charge is -2.28. The molecule has 1 aromatic carbocycles. The smallest absolute Gasteiger partial charge is 0.325 e. The lowest BCUT2D eigenvalue weighted by molar-refractivity contribution is -0.148. The Labute approximate surface area is 115 Å². The second-order valence-electron chi connectivity index (χ2n) is 4.73. The minimum Gasteiger partial charge on any atom is -0.468 e. The largest absolute Gasteiger partial charge is 0.468 e. The van der Waals surface area contributed by atoms with Gasteiger partial charge >= 0.3 is 5.97 Å². The van der Waals surface area contributed by atoms with Crippen LogP contribution >= 0.6 is 0 Å². The van der Waals surface area contributed by atoms with Gasteiger partial charge in [-0.3, -0.25) is 10.1 Å². The third-order valence-electron chi connectivity index (χ3n) is 3.21. The third kappa shape index (κ3) is 5.01. The van der Waals surface area contributed by atoms with Crippen molar-refractivity contribution < 1.29 is 14.3 Å². The highest BCUT2D eigenvalue weighted by molar-refractivity contribution is 5.80. The minimum absolute atomic E-state index is 0.237. The van der Waals surface area contributed by atoms with E-state index in [-0.39, 0.29) is 5.97 Å². The van der Waals surface area contributed by atoms with Crippen molar-refractivity contribution in [3.8, 4) is 0 Å². The second kappa shape index (κ2) is 7.92. The first-order chi connectivity index (χ1) is 9.12. The zero-order chi connectivity index (χ0) is 14.1. The molecular weight excluding hydrogens is 242 g/mol. The number of hydrogen-bond donors (Lipinski definition) is 1. The van der Waals surface area contributed by atoms with Crippen molar-refractivity contribution in [1.82, 2.24) is 5.32 Å². The molecule has 0 bridgehead atoms. The zero-order valence-corrected chi connectivity index (χ0v) is 11.9. The average molecular weight is 265 g/mol. The van der Waals surface area contributed by atoms with Crippen LogP contribution in [0, 0.1) is 0 Å². The Morgan fingerprint density at radius 3 is 2.53 bits per heavy atom. The summed E-state index contributed by atoms with van der Waals surface area (Å²) in [7, 11) is 3.06. The van der Waals surface area contributed by atoms with Crippen LogP contribution in [-0.4, -0.2) is 38.9 Å². The molecule has 0 amide bonds. The maximum Gasteiger partial charge on any atom is 0.325 e. The SMILES string of the molecule is COCCNC(C)(CCc1ccccc1)C(=O)OC. The number of methoxy groups -OCH3 is 2. The fourth-order valence-corrected chi connectivity index (χ4v) is 1.96. The fraction of sp³-hybridized carbons (Fsp3) is 0.533. The summed E-state index contributed by atoms with van der Waals surface area (Å²) in [6, 6.07) is 10.1. The van der Waals surface area contributed by atoms with Gasteiger partial charge in [0.15, 0.2) is 0 Å². The van der Waals surface area contributed by atoms with E-state index in [0.717, 1.165) is 6.42 Å². The Morgan fingerprint density at radius 1 is 1.26 bits per heavy atom. The molecule has 4 nitrogen and oxygen atoms in total. The summed E-state index contributed by atoms with van der Waals surface area (Å²) in [5.41, 5.74) is 0.537. The highest BCUT2D eigenvalue weighted by Crippen LogP contribution is 2.16. The highest BCUT2D eigenvalue weighted by Gasteiger charge is 2.33. The van der Waals surface area contributed by atoms with Gasteiger partial charge in [0.2, 0.25) is 0 Å². The summed E-state index contributed by atoms with van der Waals surface area (Å²) in [5, 5.41) is 3.22. The number of ether oxygens (including phenoxy) is 2. The van der Waals surface area contributed by atoms with Gasteiger partial charge in [0.25, 0.3) is 0 Å². The molecule has 0 aliphatic heterocycles. The molecule has 1 aromatic rings. The van der Waals surface area contributed by atoms with Crippen LogP contribution in [0.2, 0.25) is 0 Å². The molecule has 0 aliphatic rings. The van der Waals surface area contributed by atoms with E-state index >= 15 is 0 Å². The predicted octanol–water partition coefficient (Wildman–Crippen LogP) is 1.79. The maximum atomic E-state index is 11.9. The number of aryl methyl sites for hydroxylation is 1. The highest BCUT2D eigenvalue weighted by atomic mass is 16.5. The van der Waals surface area contributed by atoms with E-state index in [0.29, 0.717) is 19.6 Å². The average Bonchev–Trinajstić information content (AvgIpc) is 2.45. The quantitative estimate of drug-likeness (QED) is 0.575. The van der Waals surface area contributed by atoms with Gasteiger partial charge in [-0.05, 0) is 25.3 Å². The summed E-state index contributed by atoms with van der Waals surface area (Å²) in [5.74, 6) is -0.237. The minimum atomic E-state index is -0.677. The molecule has 106 valence electrons. The fourth-order valence-electron chi connectivity index (χ4n) is 1.96. The van der Waals surface area contributed by atoms with Crippen molar-refractivity contribution in [1.29, 1.82) is 0 Å². The lowest BCUT2D eigenvalue weighted by Crippen LogP contribution is -2.51. The Bertz CT molecular complexity index is 380. The molecule has 0 spiro atoms. The molecule has 0 aliphatic carbocycles. The first-order valence-corrected chi connectivity index (χ1v) is 6.48. The molecular formula is C15H23NO3. The van der Waals surface area contributed by atoms with Crippen LogP contribution < -0.4 is 5.32 Å². The number of hydrogen-bond acceptors (Lipinski definition) is 4. The first-order valence-electron chi connectivity index (χ1n) is 6.48. The van der Waals surface area contributed by atoms with Crippen LogP contribution in [0.5, 0.6) is 0 Å². The van der Waals surface area contributed by atoms with Gasteiger partial charge in [-0.1, -0.05) is 30.3 Å². The molecule has 1 N–H and O–H groups in total. The zero-order valence-electron chi connectivity index (χ0n) is 11.9. The van der Waals surface area contributed by atoms with Crippen LogP contribution in [0.4, 0.5) is 0 Å². The van der Waals surface area contributed by atoms with Gasteiger partial charge < -0.3 is 9.47 Å². The molecule has 0 radical (unpaired) electrons. The molecule has 4 heteroatoms. The van der Waals surface area contributed by atoms with Crippen molar-refractivity contribution >= 4 is 5.97 Å². The lowest BCUT2D eigenvalue weighted by atomic mass is 9.93. The van der Waals surface area contributed by atoms with Crippen LogP contribution in [0.3, 0.4) is 0 Å². The van der Waals surface area contributed by atoms with Gasteiger partial charge in [0, 0.05) is 13.7 Å². The Morgan fingerprint density at radius 2 is 1.95 bits per heavy atom. The van der Waals surface area contributed by atoms with Crippen molar-refractivity contribution in [2.75, 3.05) is 27.4 Å². The molecule has 0 fully saturated rings. The summed E-state index contributed by atoms with van der Waals surface area (Å²) < 4.78 is 9.89. The number of rotatable bonds is 8. The van der Waals surface area contributed by atoms with Crippen molar-refractivity contribution in [3.63, 3.8) is 0 Å². The van der Waals surface area contributed by atoms with E-state index in [1.54, 1.807) is 7.11 Å². The molecule has 0 heterocycles. The number of benzene rings is 1. The van der Waals surface area contributed by atoms with E-state index in [1.807, 2.05) is 25.1 Å². The predicted molar refractivity (Wildman–Crippen MR) is 75.1 cm³/mol. The van der Waals surface area contributed by atoms with Gasteiger partial charge in [0.1, 0.15) is 5.54 Å². The Kier molecular flexibility index (Phi) is 6.53. The number of nitrogens with one attached hydrogen (secondary N) is 1. The van der Waals surface area contributed by atoms with E-state index in [4.69, 9.17) is 9.47 Å². The van der Waals surface area contributed by atoms with Gasteiger partial charge in [-0.15, -0.1) is 0 Å². The monoisotopic (exact) mass is 265 g/mol. The van der Waals surface area contributed by atoms with Gasteiger partial charge in [0.05, 0.1) is 13.7 Å². The Balaban J connectivity index is 2.61. The first kappa shape index (κ1) is 15.7. The van der Waals surface area contributed by atoms with Crippen LogP contribution in [0.25, 0.3) is 0 Å². The summed E-state index contributed by atoms with van der Waals surface area (Å²) in [4.78, 5) is 11.9. The topological polar surface area (TPSA) is 47.6 Å². The van der Waals surface area contributed by atoms with Crippen molar-refractivity contribution in [3.05, 3.63) is 35.9 Å². The molecule has 0 saturated carbocycles. The van der Waals surface area contributed by atoms with Crippen LogP contribution in [-0.2, 0) is 20.7 Å². The number of carbonyl (C=O) groups excluding carboxylic acids is 1. The van der Waals surface area contributed by atoms with E-state index in [9.17, 15) is 4.79 Å². The summed E-state index contributed by atoms with van der Waals surface area (Å²) in [6.07, 6.45) is 1.51. The second-order valence-corrected chi connectivity index (χ2v) is 4.73. The number of carbonyl (C=O) groups is 1. The molecule has 0 saturated heterocycles. The van der Waals surface area contributed by atoms with Crippen molar-refractivity contribution in [2.45, 2.75) is 25.3 Å². The maximum absolute atomic E-state index is 11.9. The van der Waals surface area contributed by atoms with E-state index < -0.39 is 5.54 Å². The van der Waals surface area contributed by atoms with E-state index in [2.05, 4.69) is 17.4 Å². The summed E-state index contributed by atoms with van der Waals surface area (Å²) in [6.45, 7) is 3.06. The van der Waals surface area contributed by atoms with E-state index in [1.165, 1.54) is 12.7 Å². The van der Waals surface area contributed by atoms with Gasteiger partial charge in [-0.2, -0.15) is 0 Å². The molecule has 1 unspecified atom stereocenters. The normalized spacial score (nSPS) is 13.8. The van der Waals surface area contributed by atoms with Crippen molar-refractivity contribution in [2.24, 2.45) is 0 Å². The standard InChI is InChI=1S/C15H23NO3/c1-15(14(17)19-3,16-11-12-18-2)10-9-13-7-5-4-6-8-13/h4-8,16H,9-12H2,1-3H3. The molecule has 1 rings (SSSR count). The van der Waals surface area contributed by atoms with Crippen LogP contribution in [0.15, 0.2) is 30.3 Å². The number of esters is 1. The molecule has 0 aromatic heterocycles. The van der Waals surface area contributed by atoms with Crippen LogP contribution in [0.1, 0.15) is 18.9 Å². The third-order valence-corrected chi connectivity index (χ3v) is 3.21. The van der Waals surface area contributed by atoms with Gasteiger partial charge in [-0.25, -0.2) is 0 Å². The molecule has 1 atom stereocenters. The Hall–Kier alpha value is -1.39.